The molecule has 2 atom stereocenters. The molecule has 84 heavy (non-hydrogen) atoms. The SMILES string of the molecule is CCC(C)(c1ccc(OC(=O)c2ccc(C(=O)Oc3ccc(C(C)(CC)c4ccc(OC(=O)c5ccc(C(=O)Oc6ccccc6OC)cc5)cc4)cc3)cc2)cc1)c1ccc(OC(=O)c2ccc(C(=O)Oc3ccccc3OC)cc2)cc1. The lowest BCUT2D eigenvalue weighted by molar-refractivity contribution is 0.0717. The molecule has 0 bridgehead atoms. The molecule has 2 unspecified atom stereocenters. The zero-order valence-electron chi connectivity index (χ0n) is 46.9. The van der Waals surface area contributed by atoms with Crippen molar-refractivity contribution in [3.63, 3.8) is 0 Å². The Morgan fingerprint density at radius 3 is 0.655 bits per heavy atom. The summed E-state index contributed by atoms with van der Waals surface area (Å²) in [4.78, 5) is 78.2. The summed E-state index contributed by atoms with van der Waals surface area (Å²) in [5, 5.41) is 0. The van der Waals surface area contributed by atoms with Crippen LogP contribution in [0.15, 0.2) is 218 Å². The Morgan fingerprint density at radius 1 is 0.274 bits per heavy atom. The first-order valence-corrected chi connectivity index (χ1v) is 26.9. The minimum atomic E-state index is -0.604. The Kier molecular flexibility index (Phi) is 17.9. The predicted molar refractivity (Wildman–Crippen MR) is 314 cm³/mol. The molecule has 422 valence electrons. The van der Waals surface area contributed by atoms with E-state index in [1.54, 1.807) is 97.1 Å². The number of benzene rings is 9. The van der Waals surface area contributed by atoms with Gasteiger partial charge in [0, 0.05) is 10.8 Å². The lowest BCUT2D eigenvalue weighted by Crippen LogP contribution is -2.22. The Balaban J connectivity index is 0.742. The summed E-state index contributed by atoms with van der Waals surface area (Å²) in [5.41, 5.74) is 4.48. The molecule has 0 saturated carbocycles. The van der Waals surface area contributed by atoms with Crippen LogP contribution in [0.1, 0.15) is 125 Å². The van der Waals surface area contributed by atoms with E-state index in [0.29, 0.717) is 34.5 Å². The normalized spacial score (nSPS) is 12.3. The molecule has 0 fully saturated rings. The lowest BCUT2D eigenvalue weighted by Gasteiger charge is -2.30. The summed E-state index contributed by atoms with van der Waals surface area (Å²) in [7, 11) is 2.97. The van der Waals surface area contributed by atoms with Crippen molar-refractivity contribution >= 4 is 35.8 Å². The molecule has 9 rings (SSSR count). The molecule has 0 spiro atoms. The standard InChI is InChI=1S/C70H58O14/c1-7-69(3,53-33-41-57(42-34-53)81-65(73)47-21-25-49(26-22-47)67(75)83-61-15-11-9-13-59(61)77-5)51-29-37-55(38-30-51)79-63(71)45-17-19-46(20-18-45)64(72)80-56-39-31-52(32-40-56)70(4,8-2)54-35-43-58(44-36-54)82-66(74)48-23-27-50(28-24-48)68(76)84-62-16-12-10-14-60(62)78-6/h9-44H,7-8H2,1-6H3. The van der Waals surface area contributed by atoms with Crippen LogP contribution >= 0.6 is 0 Å². The molecule has 0 aliphatic heterocycles. The van der Waals surface area contributed by atoms with Crippen LogP contribution < -0.4 is 37.9 Å². The second-order valence-corrected chi connectivity index (χ2v) is 19.8. The molecule has 0 saturated heterocycles. The van der Waals surface area contributed by atoms with Crippen molar-refractivity contribution in [1.29, 1.82) is 0 Å². The maximum atomic E-state index is 13.3. The Hall–Kier alpha value is -10.6. The van der Waals surface area contributed by atoms with Gasteiger partial charge in [0.2, 0.25) is 0 Å². The average molecular weight is 1120 g/mol. The van der Waals surface area contributed by atoms with Crippen molar-refractivity contribution in [1.82, 2.24) is 0 Å². The van der Waals surface area contributed by atoms with Gasteiger partial charge in [0.1, 0.15) is 23.0 Å². The molecule has 14 nitrogen and oxygen atoms in total. The third-order valence-electron chi connectivity index (χ3n) is 14.8. The lowest BCUT2D eigenvalue weighted by atomic mass is 9.74. The highest BCUT2D eigenvalue weighted by atomic mass is 16.6. The Labute approximate surface area is 486 Å². The average Bonchev–Trinajstić information content (AvgIpc) is 3.44. The van der Waals surface area contributed by atoms with Crippen LogP contribution in [0.5, 0.6) is 46.0 Å². The number of ether oxygens (including phenoxy) is 8. The highest BCUT2D eigenvalue weighted by Gasteiger charge is 2.29. The van der Waals surface area contributed by atoms with Crippen molar-refractivity contribution in [2.45, 2.75) is 51.4 Å². The topological polar surface area (TPSA) is 176 Å². The molecular weight excluding hydrogens is 1060 g/mol. The van der Waals surface area contributed by atoms with Crippen LogP contribution in [0, 0.1) is 0 Å². The van der Waals surface area contributed by atoms with Crippen LogP contribution in [-0.2, 0) is 10.8 Å². The smallest absolute Gasteiger partial charge is 0.343 e. The van der Waals surface area contributed by atoms with Crippen LogP contribution in [0.3, 0.4) is 0 Å². The van der Waals surface area contributed by atoms with E-state index in [2.05, 4.69) is 27.7 Å². The summed E-state index contributed by atoms with van der Waals surface area (Å²) in [6.07, 6.45) is 1.45. The third-order valence-corrected chi connectivity index (χ3v) is 14.8. The van der Waals surface area contributed by atoms with Gasteiger partial charge >= 0.3 is 35.8 Å². The van der Waals surface area contributed by atoms with Gasteiger partial charge in [-0.3, -0.25) is 0 Å². The van der Waals surface area contributed by atoms with E-state index in [1.165, 1.54) is 87.0 Å². The molecule has 0 aromatic heterocycles. The maximum absolute atomic E-state index is 13.3. The fourth-order valence-corrected chi connectivity index (χ4v) is 9.33. The van der Waals surface area contributed by atoms with Crippen LogP contribution in [0.2, 0.25) is 0 Å². The fraction of sp³-hybridized carbons (Fsp3) is 0.143. The van der Waals surface area contributed by atoms with Crippen molar-refractivity contribution in [2.24, 2.45) is 0 Å². The van der Waals surface area contributed by atoms with Crippen molar-refractivity contribution < 1.29 is 66.7 Å². The summed E-state index contributed by atoms with van der Waals surface area (Å²) < 4.78 is 44.2. The molecular formula is C70H58O14. The number of methoxy groups -OCH3 is 2. The van der Waals surface area contributed by atoms with E-state index < -0.39 is 46.6 Å². The first-order valence-electron chi connectivity index (χ1n) is 26.9. The Morgan fingerprint density at radius 2 is 0.464 bits per heavy atom. The van der Waals surface area contributed by atoms with Crippen molar-refractivity contribution in [3.05, 3.63) is 274 Å². The number of carbonyl (C=O) groups excluding carboxylic acids is 6. The van der Waals surface area contributed by atoms with Gasteiger partial charge in [0.25, 0.3) is 0 Å². The Bertz CT molecular complexity index is 3570. The monoisotopic (exact) mass is 1120 g/mol. The van der Waals surface area contributed by atoms with Gasteiger partial charge in [-0.2, -0.15) is 0 Å². The largest absolute Gasteiger partial charge is 0.493 e. The highest BCUT2D eigenvalue weighted by molar-refractivity contribution is 5.97. The molecule has 0 aliphatic rings. The van der Waals surface area contributed by atoms with Crippen molar-refractivity contribution in [2.75, 3.05) is 14.2 Å². The van der Waals surface area contributed by atoms with Gasteiger partial charge in [0.05, 0.1) is 47.6 Å². The second kappa shape index (κ2) is 25.9. The number of hydrogen-bond acceptors (Lipinski definition) is 14. The van der Waals surface area contributed by atoms with E-state index in [4.69, 9.17) is 37.9 Å². The van der Waals surface area contributed by atoms with Gasteiger partial charge in [0.15, 0.2) is 23.0 Å². The quantitative estimate of drug-likeness (QED) is 0.0520. The molecule has 0 aliphatic carbocycles. The number of para-hydroxylation sites is 4. The van der Waals surface area contributed by atoms with Crippen LogP contribution in [0.25, 0.3) is 0 Å². The molecule has 0 radical (unpaired) electrons. The molecule has 9 aromatic carbocycles. The molecule has 0 N–H and O–H groups in total. The van der Waals surface area contributed by atoms with Crippen molar-refractivity contribution in [3.8, 4) is 46.0 Å². The molecule has 0 heterocycles. The number of rotatable bonds is 20. The zero-order valence-corrected chi connectivity index (χ0v) is 46.9. The second-order valence-electron chi connectivity index (χ2n) is 19.8. The summed E-state index contributed by atoms with van der Waals surface area (Å²) in [5.74, 6) is -0.831. The first kappa shape index (κ1) is 58.1. The zero-order chi connectivity index (χ0) is 59.4. The maximum Gasteiger partial charge on any atom is 0.343 e. The summed E-state index contributed by atoms with van der Waals surface area (Å²) >= 11 is 0. The fourth-order valence-electron chi connectivity index (χ4n) is 9.33. The van der Waals surface area contributed by atoms with E-state index in [-0.39, 0.29) is 44.9 Å². The summed E-state index contributed by atoms with van der Waals surface area (Å²) in [6, 6.07) is 60.7. The minimum Gasteiger partial charge on any atom is -0.493 e. The third kappa shape index (κ3) is 13.3. The molecule has 9 aromatic rings. The number of esters is 6. The highest BCUT2D eigenvalue weighted by Crippen LogP contribution is 2.39. The summed E-state index contributed by atoms with van der Waals surface area (Å²) in [6.45, 7) is 8.34. The van der Waals surface area contributed by atoms with Gasteiger partial charge in [-0.15, -0.1) is 0 Å². The van der Waals surface area contributed by atoms with Crippen LogP contribution in [0.4, 0.5) is 0 Å². The van der Waals surface area contributed by atoms with Gasteiger partial charge < -0.3 is 37.9 Å². The minimum absolute atomic E-state index is 0.239. The number of carbonyl (C=O) groups is 6. The van der Waals surface area contributed by atoms with E-state index in [0.717, 1.165) is 35.1 Å². The van der Waals surface area contributed by atoms with Gasteiger partial charge in [-0.05, 0) is 181 Å². The molecule has 0 amide bonds. The van der Waals surface area contributed by atoms with E-state index >= 15 is 0 Å². The van der Waals surface area contributed by atoms with Crippen LogP contribution in [-0.4, -0.2) is 50.0 Å². The van der Waals surface area contributed by atoms with E-state index in [9.17, 15) is 28.8 Å². The van der Waals surface area contributed by atoms with Gasteiger partial charge in [-0.1, -0.05) is 100 Å². The first-order chi connectivity index (χ1) is 40.6. The number of hydrogen-bond donors (Lipinski definition) is 0. The molecule has 14 heteroatoms. The predicted octanol–water partition coefficient (Wildman–Crippen LogP) is 14.5. The van der Waals surface area contributed by atoms with Gasteiger partial charge in [-0.25, -0.2) is 28.8 Å². The van der Waals surface area contributed by atoms with E-state index in [1.807, 2.05) is 48.5 Å².